The number of hydrogen-bond acceptors (Lipinski definition) is 7. The van der Waals surface area contributed by atoms with Crippen molar-refractivity contribution in [3.8, 4) is 22.8 Å². The number of nitro groups is 1. The van der Waals surface area contributed by atoms with E-state index in [2.05, 4.69) is 10.5 Å². The number of fused-ring (bicyclic) bond motifs is 1. The van der Waals surface area contributed by atoms with Crippen molar-refractivity contribution in [1.82, 2.24) is 10.5 Å². The Balaban J connectivity index is 1.47. The molecule has 1 aliphatic rings. The van der Waals surface area contributed by atoms with Crippen LogP contribution in [0.5, 0.6) is 11.5 Å². The zero-order valence-corrected chi connectivity index (χ0v) is 14.9. The van der Waals surface area contributed by atoms with Crippen LogP contribution in [0.15, 0.2) is 47.0 Å². The van der Waals surface area contributed by atoms with Crippen LogP contribution in [0.4, 0.5) is 5.69 Å². The second kappa shape index (κ2) is 7.20. The van der Waals surface area contributed by atoms with Crippen LogP contribution in [0.3, 0.4) is 0 Å². The number of nitrogens with zero attached hydrogens (tertiary/aromatic N) is 2. The summed E-state index contributed by atoms with van der Waals surface area (Å²) in [4.78, 5) is 22.8. The Morgan fingerprint density at radius 3 is 2.82 bits per heavy atom. The number of nitrogens with one attached hydrogen (secondary N) is 1. The van der Waals surface area contributed by atoms with Gasteiger partial charge in [-0.3, -0.25) is 14.9 Å². The highest BCUT2D eigenvalue weighted by Gasteiger charge is 2.21. The molecule has 0 unspecified atom stereocenters. The average molecular weight is 402 g/mol. The van der Waals surface area contributed by atoms with Crippen LogP contribution in [-0.4, -0.2) is 22.8 Å². The number of amides is 1. The molecule has 10 heteroatoms. The fourth-order valence-corrected chi connectivity index (χ4v) is 2.87. The molecule has 0 saturated carbocycles. The lowest BCUT2D eigenvalue weighted by atomic mass is 10.1. The normalized spacial score (nSPS) is 12.0. The number of carbonyl (C=O) groups excluding carboxylic acids is 1. The van der Waals surface area contributed by atoms with Gasteiger partial charge in [-0.1, -0.05) is 16.8 Å². The third-order valence-corrected chi connectivity index (χ3v) is 4.28. The zero-order chi connectivity index (χ0) is 19.7. The van der Waals surface area contributed by atoms with Crippen LogP contribution < -0.4 is 14.8 Å². The van der Waals surface area contributed by atoms with E-state index in [1.807, 2.05) is 0 Å². The van der Waals surface area contributed by atoms with Crippen molar-refractivity contribution in [2.24, 2.45) is 0 Å². The Labute approximate surface area is 162 Å². The molecule has 1 amide bonds. The van der Waals surface area contributed by atoms with Gasteiger partial charge in [0.05, 0.1) is 11.5 Å². The van der Waals surface area contributed by atoms with Gasteiger partial charge < -0.3 is 19.3 Å². The molecule has 3 aromatic rings. The summed E-state index contributed by atoms with van der Waals surface area (Å²) in [5, 5.41) is 17.8. The van der Waals surface area contributed by atoms with Crippen LogP contribution in [-0.2, 0) is 6.54 Å². The maximum absolute atomic E-state index is 12.3. The monoisotopic (exact) mass is 401 g/mol. The van der Waals surface area contributed by atoms with Gasteiger partial charge in [0.15, 0.2) is 17.3 Å². The molecular formula is C18H12ClN3O6. The molecule has 4 rings (SSSR count). The molecule has 28 heavy (non-hydrogen) atoms. The van der Waals surface area contributed by atoms with Crippen LogP contribution in [0.2, 0.25) is 5.02 Å². The first-order chi connectivity index (χ1) is 13.5. The first-order valence-electron chi connectivity index (χ1n) is 8.09. The fourth-order valence-electron chi connectivity index (χ4n) is 2.70. The van der Waals surface area contributed by atoms with Crippen molar-refractivity contribution in [3.05, 3.63) is 68.9 Å². The van der Waals surface area contributed by atoms with E-state index >= 15 is 0 Å². The topological polar surface area (TPSA) is 117 Å². The van der Waals surface area contributed by atoms with Gasteiger partial charge in [0.25, 0.3) is 11.6 Å². The van der Waals surface area contributed by atoms with Gasteiger partial charge in [0.1, 0.15) is 11.3 Å². The molecule has 2 heterocycles. The van der Waals surface area contributed by atoms with Crippen LogP contribution in [0.25, 0.3) is 11.3 Å². The Kier molecular flexibility index (Phi) is 4.58. The molecule has 0 bridgehead atoms. The highest BCUT2D eigenvalue weighted by Crippen LogP contribution is 2.36. The number of halogens is 1. The minimum Gasteiger partial charge on any atom is -0.454 e. The second-order valence-electron chi connectivity index (χ2n) is 5.85. The maximum Gasteiger partial charge on any atom is 0.282 e. The van der Waals surface area contributed by atoms with E-state index in [0.717, 1.165) is 5.56 Å². The van der Waals surface area contributed by atoms with Crippen LogP contribution >= 0.6 is 11.6 Å². The van der Waals surface area contributed by atoms with E-state index in [-0.39, 0.29) is 29.6 Å². The molecular weight excluding hydrogens is 390 g/mol. The quantitative estimate of drug-likeness (QED) is 0.513. The Morgan fingerprint density at radius 2 is 2.00 bits per heavy atom. The van der Waals surface area contributed by atoms with E-state index < -0.39 is 10.8 Å². The number of nitro benzene ring substituents is 1. The predicted molar refractivity (Wildman–Crippen MR) is 97.3 cm³/mol. The van der Waals surface area contributed by atoms with Gasteiger partial charge in [-0.05, 0) is 30.3 Å². The number of ether oxygens (including phenoxy) is 2. The molecule has 1 aliphatic heterocycles. The Bertz CT molecular complexity index is 1080. The van der Waals surface area contributed by atoms with E-state index in [1.165, 1.54) is 18.2 Å². The predicted octanol–water partition coefficient (Wildman–Crippen LogP) is 3.56. The summed E-state index contributed by atoms with van der Waals surface area (Å²) in [5.41, 5.74) is 0.727. The summed E-state index contributed by atoms with van der Waals surface area (Å²) >= 11 is 5.85. The molecule has 0 saturated heterocycles. The summed E-state index contributed by atoms with van der Waals surface area (Å²) in [7, 11) is 0. The van der Waals surface area contributed by atoms with E-state index in [1.54, 1.807) is 24.3 Å². The standard InChI is InChI=1S/C18H12ClN3O6/c19-11-2-3-14(22(24)25)13(6-11)18(23)20-8-12-7-16(28-21-12)10-1-4-15-17(5-10)27-9-26-15/h1-7H,8-9H2,(H,20,23). The summed E-state index contributed by atoms with van der Waals surface area (Å²) in [6.45, 7) is 0.193. The van der Waals surface area contributed by atoms with Gasteiger partial charge in [-0.15, -0.1) is 0 Å². The summed E-state index contributed by atoms with van der Waals surface area (Å²) in [6.07, 6.45) is 0. The Hall–Kier alpha value is -3.59. The van der Waals surface area contributed by atoms with Crippen molar-refractivity contribution >= 4 is 23.2 Å². The smallest absolute Gasteiger partial charge is 0.282 e. The second-order valence-corrected chi connectivity index (χ2v) is 6.29. The lowest BCUT2D eigenvalue weighted by molar-refractivity contribution is -0.385. The minimum atomic E-state index is -0.640. The van der Waals surface area contributed by atoms with Crippen LogP contribution in [0.1, 0.15) is 16.1 Å². The van der Waals surface area contributed by atoms with Crippen molar-refractivity contribution in [1.29, 1.82) is 0 Å². The van der Waals surface area contributed by atoms with E-state index in [0.29, 0.717) is 23.0 Å². The molecule has 0 fully saturated rings. The molecule has 0 atom stereocenters. The molecule has 142 valence electrons. The summed E-state index contributed by atoms with van der Waals surface area (Å²) < 4.78 is 15.9. The number of rotatable bonds is 5. The molecule has 2 aromatic carbocycles. The third kappa shape index (κ3) is 3.47. The van der Waals surface area contributed by atoms with Crippen molar-refractivity contribution < 1.29 is 23.7 Å². The number of benzene rings is 2. The maximum atomic E-state index is 12.3. The molecule has 0 aliphatic carbocycles. The summed E-state index contributed by atoms with van der Waals surface area (Å²) in [5.74, 6) is 1.11. The van der Waals surface area contributed by atoms with Gasteiger partial charge in [0, 0.05) is 22.7 Å². The van der Waals surface area contributed by atoms with E-state index in [9.17, 15) is 14.9 Å². The van der Waals surface area contributed by atoms with Crippen molar-refractivity contribution in [3.63, 3.8) is 0 Å². The summed E-state index contributed by atoms with van der Waals surface area (Å²) in [6, 6.07) is 10.8. The van der Waals surface area contributed by atoms with Crippen molar-refractivity contribution in [2.75, 3.05) is 6.79 Å². The van der Waals surface area contributed by atoms with Crippen LogP contribution in [0, 0.1) is 10.1 Å². The number of hydrogen-bond donors (Lipinski definition) is 1. The largest absolute Gasteiger partial charge is 0.454 e. The van der Waals surface area contributed by atoms with E-state index in [4.69, 9.17) is 25.6 Å². The minimum absolute atomic E-state index is 0.0244. The molecule has 1 N–H and O–H groups in total. The number of carbonyl (C=O) groups is 1. The van der Waals surface area contributed by atoms with Crippen molar-refractivity contribution in [2.45, 2.75) is 6.54 Å². The van der Waals surface area contributed by atoms with Gasteiger partial charge in [-0.2, -0.15) is 0 Å². The van der Waals surface area contributed by atoms with Gasteiger partial charge >= 0.3 is 0 Å². The molecule has 9 nitrogen and oxygen atoms in total. The zero-order valence-electron chi connectivity index (χ0n) is 14.2. The lowest BCUT2D eigenvalue weighted by Gasteiger charge is -2.04. The highest BCUT2D eigenvalue weighted by atomic mass is 35.5. The SMILES string of the molecule is O=C(NCc1cc(-c2ccc3c(c2)OCO3)on1)c1cc(Cl)ccc1[N+](=O)[O-]. The molecule has 0 radical (unpaired) electrons. The average Bonchev–Trinajstić information content (AvgIpc) is 3.34. The third-order valence-electron chi connectivity index (χ3n) is 4.05. The van der Waals surface area contributed by atoms with Gasteiger partial charge in [0.2, 0.25) is 6.79 Å². The highest BCUT2D eigenvalue weighted by molar-refractivity contribution is 6.31. The lowest BCUT2D eigenvalue weighted by Crippen LogP contribution is -2.23. The molecule has 0 spiro atoms. The fraction of sp³-hybridized carbons (Fsp3) is 0.111. The van der Waals surface area contributed by atoms with Gasteiger partial charge in [-0.25, -0.2) is 0 Å². The molecule has 1 aromatic heterocycles. The first kappa shape index (κ1) is 17.8. The Morgan fingerprint density at radius 1 is 1.18 bits per heavy atom. The first-order valence-corrected chi connectivity index (χ1v) is 8.47. The number of aromatic nitrogens is 1.